The van der Waals surface area contributed by atoms with Crippen LogP contribution in [0.3, 0.4) is 0 Å². The van der Waals surface area contributed by atoms with E-state index in [9.17, 15) is 9.59 Å². The van der Waals surface area contributed by atoms with Crippen LogP contribution in [-0.4, -0.2) is 29.6 Å². The maximum atomic E-state index is 11.3. The van der Waals surface area contributed by atoms with Crippen LogP contribution >= 0.6 is 22.6 Å². The van der Waals surface area contributed by atoms with Gasteiger partial charge in [-0.3, -0.25) is 9.59 Å². The molecule has 0 amide bonds. The fraction of sp³-hybridized carbons (Fsp3) is 0.778. The maximum Gasteiger partial charge on any atom is 0.319 e. The molecule has 0 aromatic carbocycles. The molecule has 82 valence electrons. The minimum absolute atomic E-state index is 0.329. The topological polar surface area (TPSA) is 52.6 Å². The van der Waals surface area contributed by atoms with Crippen molar-refractivity contribution in [2.24, 2.45) is 5.92 Å². The zero-order valence-electron chi connectivity index (χ0n) is 8.58. The third kappa shape index (κ3) is 3.81. The molecule has 2 atom stereocenters. The second-order valence-electron chi connectivity index (χ2n) is 2.69. The molecule has 0 rings (SSSR count). The molecule has 0 saturated heterocycles. The SMILES string of the molecule is CCOC(=O)[C@H](I)[C@H](CC)C(=O)OC. The Balaban J connectivity index is 4.37. The van der Waals surface area contributed by atoms with Crippen LogP contribution in [-0.2, 0) is 19.1 Å². The van der Waals surface area contributed by atoms with Gasteiger partial charge in [-0.2, -0.15) is 0 Å². The van der Waals surface area contributed by atoms with Crippen LogP contribution in [0.15, 0.2) is 0 Å². The summed E-state index contributed by atoms with van der Waals surface area (Å²) in [6, 6.07) is 0. The second-order valence-corrected chi connectivity index (χ2v) is 4.03. The highest BCUT2D eigenvalue weighted by Crippen LogP contribution is 2.20. The summed E-state index contributed by atoms with van der Waals surface area (Å²) >= 11 is 1.92. The number of rotatable bonds is 5. The van der Waals surface area contributed by atoms with Gasteiger partial charge in [-0.25, -0.2) is 0 Å². The standard InChI is InChI=1S/C9H15IO4/c1-4-6(8(11)13-3)7(10)9(12)14-5-2/h6-7H,4-5H2,1-3H3/t6-,7+/m0/s1. The monoisotopic (exact) mass is 314 g/mol. The number of hydrogen-bond acceptors (Lipinski definition) is 4. The fourth-order valence-electron chi connectivity index (χ4n) is 1.03. The van der Waals surface area contributed by atoms with E-state index in [-0.39, 0.29) is 11.9 Å². The lowest BCUT2D eigenvalue weighted by Crippen LogP contribution is -2.32. The predicted octanol–water partition coefficient (Wildman–Crippen LogP) is 1.55. The molecule has 0 unspecified atom stereocenters. The van der Waals surface area contributed by atoms with Crippen molar-refractivity contribution < 1.29 is 19.1 Å². The van der Waals surface area contributed by atoms with Crippen LogP contribution in [0.4, 0.5) is 0 Å². The first-order valence-electron chi connectivity index (χ1n) is 4.46. The van der Waals surface area contributed by atoms with E-state index in [0.717, 1.165) is 0 Å². The van der Waals surface area contributed by atoms with Gasteiger partial charge in [0.2, 0.25) is 0 Å². The predicted molar refractivity (Wildman–Crippen MR) is 60.2 cm³/mol. The molecule has 0 fully saturated rings. The molecule has 0 aromatic rings. The van der Waals surface area contributed by atoms with E-state index in [2.05, 4.69) is 4.74 Å². The molecule has 14 heavy (non-hydrogen) atoms. The van der Waals surface area contributed by atoms with Crippen LogP contribution in [0, 0.1) is 5.92 Å². The van der Waals surface area contributed by atoms with Crippen LogP contribution < -0.4 is 0 Å². The Bertz CT molecular complexity index is 205. The van der Waals surface area contributed by atoms with Crippen molar-refractivity contribution in [1.82, 2.24) is 0 Å². The highest BCUT2D eigenvalue weighted by Gasteiger charge is 2.31. The number of methoxy groups -OCH3 is 1. The van der Waals surface area contributed by atoms with Crippen molar-refractivity contribution in [3.8, 4) is 0 Å². The van der Waals surface area contributed by atoms with Crippen LogP contribution in [0.25, 0.3) is 0 Å². The van der Waals surface area contributed by atoms with Crippen LogP contribution in [0.1, 0.15) is 20.3 Å². The van der Waals surface area contributed by atoms with Crippen molar-refractivity contribution in [1.29, 1.82) is 0 Å². The summed E-state index contributed by atoms with van der Waals surface area (Å²) in [6.07, 6.45) is 0.569. The first kappa shape index (κ1) is 13.7. The van der Waals surface area contributed by atoms with Crippen molar-refractivity contribution in [2.75, 3.05) is 13.7 Å². The largest absolute Gasteiger partial charge is 0.469 e. The van der Waals surface area contributed by atoms with Gasteiger partial charge in [-0.05, 0) is 13.3 Å². The zero-order chi connectivity index (χ0) is 11.1. The Labute approximate surface area is 97.5 Å². The normalized spacial score (nSPS) is 14.3. The molecule has 0 heterocycles. The first-order valence-corrected chi connectivity index (χ1v) is 5.71. The second kappa shape index (κ2) is 7.03. The van der Waals surface area contributed by atoms with E-state index in [1.165, 1.54) is 7.11 Å². The Kier molecular flexibility index (Phi) is 6.86. The molecule has 0 saturated carbocycles. The number of carbonyl (C=O) groups is 2. The molecule has 0 radical (unpaired) electrons. The minimum Gasteiger partial charge on any atom is -0.469 e. The third-order valence-electron chi connectivity index (χ3n) is 1.81. The summed E-state index contributed by atoms with van der Waals surface area (Å²) in [6.45, 7) is 3.91. The number of hydrogen-bond donors (Lipinski definition) is 0. The molecule has 0 bridgehead atoms. The molecule has 0 aliphatic carbocycles. The Morgan fingerprint density at radius 1 is 1.29 bits per heavy atom. The highest BCUT2D eigenvalue weighted by atomic mass is 127. The lowest BCUT2D eigenvalue weighted by Gasteiger charge is -2.17. The van der Waals surface area contributed by atoms with Gasteiger partial charge in [-0.15, -0.1) is 0 Å². The third-order valence-corrected chi connectivity index (χ3v) is 3.19. The minimum atomic E-state index is -0.468. The van der Waals surface area contributed by atoms with E-state index in [0.29, 0.717) is 13.0 Å². The van der Waals surface area contributed by atoms with Crippen molar-refractivity contribution >= 4 is 34.5 Å². The van der Waals surface area contributed by atoms with Gasteiger partial charge in [0.1, 0.15) is 3.92 Å². The molecular formula is C9H15IO4. The number of alkyl halides is 1. The van der Waals surface area contributed by atoms with Gasteiger partial charge in [0.05, 0.1) is 19.6 Å². The molecule has 0 spiro atoms. The Morgan fingerprint density at radius 3 is 2.21 bits per heavy atom. The van der Waals surface area contributed by atoms with Gasteiger partial charge in [0.25, 0.3) is 0 Å². The fourth-order valence-corrected chi connectivity index (χ4v) is 2.01. The van der Waals surface area contributed by atoms with Gasteiger partial charge in [-0.1, -0.05) is 29.5 Å². The number of ether oxygens (including phenoxy) is 2. The Hall–Kier alpha value is -0.330. The summed E-state index contributed by atoms with van der Waals surface area (Å²) in [5.74, 6) is -1.13. The lowest BCUT2D eigenvalue weighted by atomic mass is 10.0. The van der Waals surface area contributed by atoms with E-state index < -0.39 is 9.84 Å². The summed E-state index contributed by atoms with van der Waals surface area (Å²) in [5, 5.41) is 0. The number of halogens is 1. The number of carbonyl (C=O) groups excluding carboxylic acids is 2. The van der Waals surface area contributed by atoms with Crippen molar-refractivity contribution in [3.05, 3.63) is 0 Å². The Morgan fingerprint density at radius 2 is 1.86 bits per heavy atom. The molecular weight excluding hydrogens is 299 g/mol. The van der Waals surface area contributed by atoms with E-state index in [4.69, 9.17) is 4.74 Å². The average molecular weight is 314 g/mol. The van der Waals surface area contributed by atoms with Gasteiger partial charge < -0.3 is 9.47 Å². The first-order chi connectivity index (χ1) is 6.58. The van der Waals surface area contributed by atoms with Gasteiger partial charge in [0, 0.05) is 0 Å². The summed E-state index contributed by atoms with van der Waals surface area (Å²) < 4.78 is 8.96. The molecule has 5 heteroatoms. The van der Waals surface area contributed by atoms with E-state index in [1.807, 2.05) is 29.5 Å². The summed E-state index contributed by atoms with van der Waals surface area (Å²) in [5.41, 5.74) is 0. The highest BCUT2D eigenvalue weighted by molar-refractivity contribution is 14.1. The van der Waals surface area contributed by atoms with Crippen LogP contribution in [0.5, 0.6) is 0 Å². The van der Waals surface area contributed by atoms with Crippen LogP contribution in [0.2, 0.25) is 0 Å². The zero-order valence-corrected chi connectivity index (χ0v) is 10.7. The van der Waals surface area contributed by atoms with Crippen molar-refractivity contribution in [3.63, 3.8) is 0 Å². The molecule has 0 aliphatic heterocycles. The summed E-state index contributed by atoms with van der Waals surface area (Å²) in [4.78, 5) is 22.6. The molecule has 0 aromatic heterocycles. The van der Waals surface area contributed by atoms with E-state index in [1.54, 1.807) is 6.92 Å². The quantitative estimate of drug-likeness (QED) is 0.439. The van der Waals surface area contributed by atoms with Crippen molar-refractivity contribution in [2.45, 2.75) is 24.2 Å². The molecule has 0 N–H and O–H groups in total. The molecule has 0 aliphatic rings. The smallest absolute Gasteiger partial charge is 0.319 e. The van der Waals surface area contributed by atoms with Gasteiger partial charge in [0.15, 0.2) is 0 Å². The maximum absolute atomic E-state index is 11.3. The number of esters is 2. The van der Waals surface area contributed by atoms with Gasteiger partial charge >= 0.3 is 11.9 Å². The van der Waals surface area contributed by atoms with E-state index >= 15 is 0 Å². The summed E-state index contributed by atoms with van der Waals surface area (Å²) in [7, 11) is 1.32. The molecule has 4 nitrogen and oxygen atoms in total. The lowest BCUT2D eigenvalue weighted by molar-refractivity contribution is -0.152. The average Bonchev–Trinajstić information content (AvgIpc) is 2.18.